The summed E-state index contributed by atoms with van der Waals surface area (Å²) in [6.45, 7) is 6.03. The highest BCUT2D eigenvalue weighted by atomic mass is 32.1. The third kappa shape index (κ3) is 5.35. The summed E-state index contributed by atoms with van der Waals surface area (Å²) in [5.41, 5.74) is 3.68. The quantitative estimate of drug-likeness (QED) is 0.578. The van der Waals surface area contributed by atoms with Gasteiger partial charge in [0.1, 0.15) is 12.4 Å². The molecule has 1 aliphatic heterocycles. The van der Waals surface area contributed by atoms with Crippen LogP contribution in [0.15, 0.2) is 47.4 Å². The Hall–Kier alpha value is -3.17. The predicted molar refractivity (Wildman–Crippen MR) is 124 cm³/mol. The number of ether oxygens (including phenoxy) is 3. The van der Waals surface area contributed by atoms with Crippen LogP contribution in [0.5, 0.6) is 11.5 Å². The van der Waals surface area contributed by atoms with Crippen LogP contribution in [0, 0.1) is 0 Å². The number of pyridine rings is 1. The summed E-state index contributed by atoms with van der Waals surface area (Å²) in [7, 11) is 1.54. The first kappa shape index (κ1) is 22.0. The van der Waals surface area contributed by atoms with Crippen molar-refractivity contribution >= 4 is 28.7 Å². The van der Waals surface area contributed by atoms with Crippen molar-refractivity contribution in [3.05, 3.63) is 58.7 Å². The molecular formula is C23H26N4O4S. The van der Waals surface area contributed by atoms with E-state index in [1.807, 2.05) is 17.5 Å². The minimum Gasteiger partial charge on any atom is -0.493 e. The van der Waals surface area contributed by atoms with Gasteiger partial charge in [0.05, 0.1) is 42.4 Å². The Morgan fingerprint density at radius 3 is 2.66 bits per heavy atom. The van der Waals surface area contributed by atoms with Gasteiger partial charge in [-0.15, -0.1) is 11.3 Å². The Labute approximate surface area is 191 Å². The summed E-state index contributed by atoms with van der Waals surface area (Å²) in [5.74, 6) is 1.65. The Bertz CT molecular complexity index is 1030. The molecule has 3 heterocycles. The lowest BCUT2D eigenvalue weighted by Crippen LogP contribution is -2.45. The van der Waals surface area contributed by atoms with Crippen LogP contribution >= 0.6 is 11.3 Å². The highest BCUT2D eigenvalue weighted by Crippen LogP contribution is 2.29. The van der Waals surface area contributed by atoms with Crippen LogP contribution in [0.25, 0.3) is 0 Å². The van der Waals surface area contributed by atoms with Crippen LogP contribution in [-0.4, -0.2) is 48.3 Å². The lowest BCUT2D eigenvalue weighted by molar-refractivity contribution is -0.00545. The van der Waals surface area contributed by atoms with Crippen molar-refractivity contribution in [2.75, 3.05) is 30.4 Å². The molecule has 0 radical (unpaired) electrons. The van der Waals surface area contributed by atoms with E-state index in [0.29, 0.717) is 29.4 Å². The number of aromatic nitrogens is 2. The molecule has 2 atom stereocenters. The van der Waals surface area contributed by atoms with Gasteiger partial charge in [0.15, 0.2) is 11.5 Å². The largest absolute Gasteiger partial charge is 0.493 e. The van der Waals surface area contributed by atoms with Gasteiger partial charge < -0.3 is 24.4 Å². The summed E-state index contributed by atoms with van der Waals surface area (Å²) < 4.78 is 17.0. The molecule has 2 aromatic heterocycles. The zero-order valence-electron chi connectivity index (χ0n) is 18.3. The number of nitrogens with zero attached hydrogens (tertiary/aromatic N) is 3. The molecule has 9 heteroatoms. The van der Waals surface area contributed by atoms with E-state index in [4.69, 9.17) is 14.2 Å². The molecule has 1 fully saturated rings. The number of rotatable bonds is 7. The van der Waals surface area contributed by atoms with Crippen LogP contribution < -0.4 is 19.7 Å². The van der Waals surface area contributed by atoms with Crippen molar-refractivity contribution in [2.45, 2.75) is 32.7 Å². The second-order valence-corrected chi connectivity index (χ2v) is 8.37. The molecule has 1 saturated heterocycles. The lowest BCUT2D eigenvalue weighted by atomic mass is 10.2. The highest BCUT2D eigenvalue weighted by molar-refractivity contribution is 7.07. The van der Waals surface area contributed by atoms with Crippen LogP contribution in [0.3, 0.4) is 0 Å². The Morgan fingerprint density at radius 2 is 2.00 bits per heavy atom. The maximum Gasteiger partial charge on any atom is 0.255 e. The Balaban J connectivity index is 1.39. The summed E-state index contributed by atoms with van der Waals surface area (Å²) >= 11 is 1.51. The third-order valence-electron chi connectivity index (χ3n) is 5.03. The summed E-state index contributed by atoms with van der Waals surface area (Å²) in [6.07, 6.45) is 1.98. The number of anilines is 2. The molecule has 1 amide bonds. The van der Waals surface area contributed by atoms with Crippen LogP contribution in [0.1, 0.15) is 29.9 Å². The first-order valence-electron chi connectivity index (χ1n) is 10.4. The van der Waals surface area contributed by atoms with E-state index in [1.165, 1.54) is 11.3 Å². The maximum atomic E-state index is 12.7. The molecule has 4 rings (SSSR count). The van der Waals surface area contributed by atoms with Crippen LogP contribution in [0.2, 0.25) is 0 Å². The monoisotopic (exact) mass is 454 g/mol. The fourth-order valence-electron chi connectivity index (χ4n) is 3.60. The van der Waals surface area contributed by atoms with Gasteiger partial charge in [-0.2, -0.15) is 0 Å². The predicted octanol–water partition coefficient (Wildman–Crippen LogP) is 3.99. The summed E-state index contributed by atoms with van der Waals surface area (Å²) in [5, 5.41) is 4.81. The van der Waals surface area contributed by atoms with Gasteiger partial charge in [-0.1, -0.05) is 0 Å². The molecule has 3 aromatic rings. The SMILES string of the molecule is COc1cc(C(=O)Nc2ccc(N3CC(C)OC(C)C3)nc2)ccc1OCc1cscn1. The fraction of sp³-hybridized carbons (Fsp3) is 0.348. The average Bonchev–Trinajstić information content (AvgIpc) is 3.31. The number of hydrogen-bond donors (Lipinski definition) is 1. The number of hydrogen-bond acceptors (Lipinski definition) is 8. The van der Waals surface area contributed by atoms with E-state index in [2.05, 4.69) is 34.0 Å². The van der Waals surface area contributed by atoms with Gasteiger partial charge in [-0.3, -0.25) is 4.79 Å². The fourth-order valence-corrected chi connectivity index (χ4v) is 4.15. The van der Waals surface area contributed by atoms with E-state index in [9.17, 15) is 4.79 Å². The number of nitrogens with one attached hydrogen (secondary N) is 1. The maximum absolute atomic E-state index is 12.7. The van der Waals surface area contributed by atoms with Gasteiger partial charge in [0.2, 0.25) is 0 Å². The van der Waals surface area contributed by atoms with Gasteiger partial charge in [0.25, 0.3) is 5.91 Å². The summed E-state index contributed by atoms with van der Waals surface area (Å²) in [4.78, 5) is 23.7. The molecule has 1 N–H and O–H groups in total. The van der Waals surface area contributed by atoms with Crippen LogP contribution in [0.4, 0.5) is 11.5 Å². The van der Waals surface area contributed by atoms with Crippen molar-refractivity contribution in [1.82, 2.24) is 9.97 Å². The van der Waals surface area contributed by atoms with Gasteiger partial charge in [-0.25, -0.2) is 9.97 Å². The smallest absolute Gasteiger partial charge is 0.255 e. The number of amides is 1. The van der Waals surface area contributed by atoms with Crippen molar-refractivity contribution < 1.29 is 19.0 Å². The van der Waals surface area contributed by atoms with Gasteiger partial charge >= 0.3 is 0 Å². The molecule has 0 bridgehead atoms. The molecular weight excluding hydrogens is 428 g/mol. The average molecular weight is 455 g/mol. The second-order valence-electron chi connectivity index (χ2n) is 7.66. The second kappa shape index (κ2) is 9.97. The number of carbonyl (C=O) groups excluding carboxylic acids is 1. The Morgan fingerprint density at radius 1 is 1.19 bits per heavy atom. The number of carbonyl (C=O) groups is 1. The van der Waals surface area contributed by atoms with E-state index in [-0.39, 0.29) is 18.1 Å². The van der Waals surface area contributed by atoms with E-state index >= 15 is 0 Å². The first-order chi connectivity index (χ1) is 15.5. The van der Waals surface area contributed by atoms with Crippen molar-refractivity contribution in [2.24, 2.45) is 0 Å². The summed E-state index contributed by atoms with van der Waals surface area (Å²) in [6, 6.07) is 8.85. The van der Waals surface area contributed by atoms with E-state index < -0.39 is 0 Å². The molecule has 0 saturated carbocycles. The molecule has 32 heavy (non-hydrogen) atoms. The first-order valence-corrected chi connectivity index (χ1v) is 11.3. The number of benzene rings is 1. The third-order valence-corrected chi connectivity index (χ3v) is 5.67. The van der Waals surface area contributed by atoms with Gasteiger partial charge in [-0.05, 0) is 44.2 Å². The molecule has 168 valence electrons. The van der Waals surface area contributed by atoms with E-state index in [1.54, 1.807) is 37.0 Å². The normalized spacial score (nSPS) is 18.3. The van der Waals surface area contributed by atoms with Crippen molar-refractivity contribution in [3.63, 3.8) is 0 Å². The molecule has 1 aliphatic rings. The molecule has 0 aliphatic carbocycles. The minimum absolute atomic E-state index is 0.156. The molecule has 0 spiro atoms. The molecule has 2 unspecified atom stereocenters. The zero-order chi connectivity index (χ0) is 22.5. The highest BCUT2D eigenvalue weighted by Gasteiger charge is 2.23. The Kier molecular flexibility index (Phi) is 6.87. The number of morpholine rings is 1. The topological polar surface area (TPSA) is 85.8 Å². The van der Waals surface area contributed by atoms with Crippen molar-refractivity contribution in [1.29, 1.82) is 0 Å². The number of methoxy groups -OCH3 is 1. The minimum atomic E-state index is -0.252. The number of thiazole rings is 1. The zero-order valence-corrected chi connectivity index (χ0v) is 19.1. The molecule has 1 aromatic carbocycles. The van der Waals surface area contributed by atoms with Crippen LogP contribution in [-0.2, 0) is 11.3 Å². The van der Waals surface area contributed by atoms with E-state index in [0.717, 1.165) is 24.6 Å². The van der Waals surface area contributed by atoms with Crippen molar-refractivity contribution in [3.8, 4) is 11.5 Å². The lowest BCUT2D eigenvalue weighted by Gasteiger charge is -2.36. The van der Waals surface area contributed by atoms with Gasteiger partial charge in [0, 0.05) is 24.0 Å². The molecule has 8 nitrogen and oxygen atoms in total. The standard InChI is InChI=1S/C23H26N4O4S/c1-15-10-27(11-16(2)31-15)22-7-5-18(9-24-22)26-23(28)17-4-6-20(21(8-17)29-3)30-12-19-13-32-14-25-19/h4-9,13-16H,10-12H2,1-3H3,(H,26,28).